The molecule has 10 nitrogen and oxygen atoms in total. The lowest BCUT2D eigenvalue weighted by molar-refractivity contribution is -0.00910. The standard InChI is InChI=1S/C27H48N8O2/c1-19(2)33-15-21(16-35-23(18-33)14-25(30-35)27(37-8)31(4)5)12-20(3)28-26(36-7)24-13-22-17-32(6)10-9-11-34(22)29-24/h13-14,19-21,26-28H,9-12,15-18H2,1-8H3. The predicted octanol–water partition coefficient (Wildman–Crippen LogP) is 2.68. The van der Waals surface area contributed by atoms with E-state index in [0.29, 0.717) is 12.0 Å². The Balaban J connectivity index is 1.46. The molecule has 208 valence electrons. The molecule has 2 aliphatic heterocycles. The summed E-state index contributed by atoms with van der Waals surface area (Å²) in [6.45, 7) is 12.7. The number of fused-ring (bicyclic) bond motifs is 2. The molecule has 0 bridgehead atoms. The Kier molecular flexibility index (Phi) is 9.42. The number of hydrogen-bond acceptors (Lipinski definition) is 8. The zero-order valence-electron chi connectivity index (χ0n) is 24.1. The molecule has 0 amide bonds. The summed E-state index contributed by atoms with van der Waals surface area (Å²) < 4.78 is 16.0. The Bertz CT molecular complexity index is 1000. The van der Waals surface area contributed by atoms with Gasteiger partial charge in [-0.05, 0) is 72.8 Å². The van der Waals surface area contributed by atoms with E-state index in [9.17, 15) is 0 Å². The number of hydrogen-bond donors (Lipinski definition) is 1. The van der Waals surface area contributed by atoms with Crippen LogP contribution in [0.15, 0.2) is 12.1 Å². The molecule has 2 aliphatic rings. The van der Waals surface area contributed by atoms with Gasteiger partial charge in [-0.3, -0.25) is 24.5 Å². The topological polar surface area (TPSA) is 75.9 Å². The first kappa shape index (κ1) is 28.2. The fourth-order valence-corrected chi connectivity index (χ4v) is 5.80. The maximum atomic E-state index is 5.89. The van der Waals surface area contributed by atoms with Gasteiger partial charge in [0.1, 0.15) is 11.4 Å². The van der Waals surface area contributed by atoms with Crippen molar-refractivity contribution in [3.63, 3.8) is 0 Å². The lowest BCUT2D eigenvalue weighted by Gasteiger charge is -2.30. The van der Waals surface area contributed by atoms with Crippen LogP contribution in [0, 0.1) is 5.92 Å². The Morgan fingerprint density at radius 1 is 0.973 bits per heavy atom. The van der Waals surface area contributed by atoms with E-state index < -0.39 is 0 Å². The number of nitrogens with one attached hydrogen (secondary N) is 1. The predicted molar refractivity (Wildman–Crippen MR) is 145 cm³/mol. The van der Waals surface area contributed by atoms with Gasteiger partial charge < -0.3 is 14.4 Å². The molecule has 0 fully saturated rings. The fraction of sp³-hybridized carbons (Fsp3) is 0.778. The molecule has 4 heterocycles. The van der Waals surface area contributed by atoms with Crippen molar-refractivity contribution < 1.29 is 9.47 Å². The van der Waals surface area contributed by atoms with Gasteiger partial charge in [-0.15, -0.1) is 0 Å². The van der Waals surface area contributed by atoms with Crippen LogP contribution in [0.4, 0.5) is 0 Å². The highest BCUT2D eigenvalue weighted by Crippen LogP contribution is 2.26. The van der Waals surface area contributed by atoms with Gasteiger partial charge in [0.25, 0.3) is 0 Å². The minimum absolute atomic E-state index is 0.141. The first-order valence-corrected chi connectivity index (χ1v) is 13.7. The van der Waals surface area contributed by atoms with Crippen LogP contribution >= 0.6 is 0 Å². The summed E-state index contributed by atoms with van der Waals surface area (Å²) in [5.41, 5.74) is 4.46. The van der Waals surface area contributed by atoms with Crippen molar-refractivity contribution in [1.29, 1.82) is 0 Å². The highest BCUT2D eigenvalue weighted by atomic mass is 16.5. The zero-order valence-corrected chi connectivity index (χ0v) is 24.1. The summed E-state index contributed by atoms with van der Waals surface area (Å²) in [4.78, 5) is 6.98. The van der Waals surface area contributed by atoms with E-state index in [4.69, 9.17) is 19.7 Å². The minimum atomic E-state index is -0.221. The molecule has 0 saturated carbocycles. The van der Waals surface area contributed by atoms with E-state index in [-0.39, 0.29) is 18.5 Å². The Morgan fingerprint density at radius 3 is 2.35 bits per heavy atom. The molecule has 0 saturated heterocycles. The van der Waals surface area contributed by atoms with Crippen LogP contribution in [0.3, 0.4) is 0 Å². The molecule has 4 atom stereocenters. The number of nitrogens with zero attached hydrogens (tertiary/aromatic N) is 7. The van der Waals surface area contributed by atoms with E-state index in [0.717, 1.165) is 63.5 Å². The number of aromatic nitrogens is 4. The minimum Gasteiger partial charge on any atom is -0.361 e. The largest absolute Gasteiger partial charge is 0.361 e. The average molecular weight is 517 g/mol. The quantitative estimate of drug-likeness (QED) is 0.483. The van der Waals surface area contributed by atoms with Crippen LogP contribution in [0.5, 0.6) is 0 Å². The third-order valence-corrected chi connectivity index (χ3v) is 7.70. The highest BCUT2D eigenvalue weighted by molar-refractivity contribution is 5.15. The zero-order chi connectivity index (χ0) is 26.7. The van der Waals surface area contributed by atoms with E-state index in [1.807, 2.05) is 14.1 Å². The van der Waals surface area contributed by atoms with Gasteiger partial charge in [-0.1, -0.05) is 0 Å². The Morgan fingerprint density at radius 2 is 1.68 bits per heavy atom. The van der Waals surface area contributed by atoms with Crippen LogP contribution in [0.25, 0.3) is 0 Å². The first-order valence-electron chi connectivity index (χ1n) is 13.7. The van der Waals surface area contributed by atoms with Crippen LogP contribution in [0.2, 0.25) is 0 Å². The lowest BCUT2D eigenvalue weighted by Crippen LogP contribution is -2.38. The molecule has 0 spiro atoms. The van der Waals surface area contributed by atoms with Gasteiger partial charge in [0.05, 0.1) is 11.4 Å². The number of rotatable bonds is 10. The second kappa shape index (κ2) is 12.4. The SMILES string of the molecule is COC(NC(C)CC1CN(C(C)C)Cc2cc(C(OC)N(C)C)nn2C1)c1cc2n(n1)CCCN(C)C2. The third kappa shape index (κ3) is 6.79. The maximum Gasteiger partial charge on any atom is 0.154 e. The van der Waals surface area contributed by atoms with E-state index in [1.165, 1.54) is 11.4 Å². The van der Waals surface area contributed by atoms with Gasteiger partial charge in [0.15, 0.2) is 12.5 Å². The summed E-state index contributed by atoms with van der Waals surface area (Å²) in [6.07, 6.45) is 1.78. The lowest BCUT2D eigenvalue weighted by atomic mass is 9.99. The van der Waals surface area contributed by atoms with Crippen molar-refractivity contribution in [1.82, 2.24) is 39.6 Å². The molecule has 4 rings (SSSR count). The summed E-state index contributed by atoms with van der Waals surface area (Å²) in [6, 6.07) is 5.15. The van der Waals surface area contributed by atoms with Crippen LogP contribution in [-0.4, -0.2) is 94.8 Å². The fourth-order valence-electron chi connectivity index (χ4n) is 5.80. The van der Waals surface area contributed by atoms with Gasteiger partial charge in [0.2, 0.25) is 0 Å². The van der Waals surface area contributed by atoms with Crippen molar-refractivity contribution in [2.75, 3.05) is 48.5 Å². The van der Waals surface area contributed by atoms with Gasteiger partial charge in [0, 0.05) is 65.6 Å². The van der Waals surface area contributed by atoms with Crippen molar-refractivity contribution >= 4 is 0 Å². The van der Waals surface area contributed by atoms with Crippen LogP contribution in [0.1, 0.15) is 68.8 Å². The first-order chi connectivity index (χ1) is 17.7. The average Bonchev–Trinajstić information content (AvgIpc) is 3.30. The van der Waals surface area contributed by atoms with Crippen molar-refractivity contribution in [3.8, 4) is 0 Å². The molecule has 1 N–H and O–H groups in total. The Labute approximate surface area is 222 Å². The number of ether oxygens (including phenoxy) is 2. The van der Waals surface area contributed by atoms with Gasteiger partial charge >= 0.3 is 0 Å². The second-order valence-electron chi connectivity index (χ2n) is 11.5. The molecule has 10 heteroatoms. The van der Waals surface area contributed by atoms with Crippen LogP contribution < -0.4 is 5.32 Å². The molecule has 2 aromatic rings. The summed E-state index contributed by atoms with van der Waals surface area (Å²) in [5, 5.41) is 13.6. The van der Waals surface area contributed by atoms with Gasteiger partial charge in [-0.2, -0.15) is 10.2 Å². The maximum absolute atomic E-state index is 5.89. The number of methoxy groups -OCH3 is 2. The van der Waals surface area contributed by atoms with E-state index >= 15 is 0 Å². The molecule has 0 aromatic carbocycles. The molecule has 4 unspecified atom stereocenters. The smallest absolute Gasteiger partial charge is 0.154 e. The third-order valence-electron chi connectivity index (χ3n) is 7.70. The van der Waals surface area contributed by atoms with E-state index in [2.05, 4.69) is 69.3 Å². The molecule has 37 heavy (non-hydrogen) atoms. The number of aryl methyl sites for hydroxylation is 1. The van der Waals surface area contributed by atoms with E-state index in [1.54, 1.807) is 14.2 Å². The molecule has 2 aromatic heterocycles. The molecular formula is C27H48N8O2. The summed E-state index contributed by atoms with van der Waals surface area (Å²) in [7, 11) is 9.74. The van der Waals surface area contributed by atoms with Crippen molar-refractivity contribution in [2.24, 2.45) is 5.92 Å². The normalized spacial score (nSPS) is 21.9. The van der Waals surface area contributed by atoms with Crippen molar-refractivity contribution in [3.05, 3.63) is 34.9 Å². The summed E-state index contributed by atoms with van der Waals surface area (Å²) in [5.74, 6) is 0.462. The monoisotopic (exact) mass is 516 g/mol. The Hall–Kier alpha value is -1.82. The van der Waals surface area contributed by atoms with Crippen LogP contribution in [-0.2, 0) is 35.7 Å². The van der Waals surface area contributed by atoms with Crippen molar-refractivity contribution in [2.45, 2.75) is 84.3 Å². The molecule has 0 aliphatic carbocycles. The highest BCUT2D eigenvalue weighted by Gasteiger charge is 2.29. The molecular weight excluding hydrogens is 468 g/mol. The summed E-state index contributed by atoms with van der Waals surface area (Å²) >= 11 is 0. The second-order valence-corrected chi connectivity index (χ2v) is 11.5. The van der Waals surface area contributed by atoms with Gasteiger partial charge in [-0.25, -0.2) is 0 Å². The molecule has 0 radical (unpaired) electrons.